The first-order valence-electron chi connectivity index (χ1n) is 7.89. The summed E-state index contributed by atoms with van der Waals surface area (Å²) < 4.78 is 27.5. The number of nitro groups is 1. The van der Waals surface area contributed by atoms with Gasteiger partial charge in [-0.1, -0.05) is 30.3 Å². The van der Waals surface area contributed by atoms with Crippen LogP contribution in [0.25, 0.3) is 0 Å². The minimum Gasteiger partial charge on any atom is -0.292 e. The average molecular weight is 332 g/mol. The van der Waals surface area contributed by atoms with E-state index < -0.39 is 23.6 Å². The Bertz CT molecular complexity index is 724. The van der Waals surface area contributed by atoms with Crippen molar-refractivity contribution in [2.45, 2.75) is 24.9 Å². The highest BCUT2D eigenvalue weighted by atomic mass is 19.1. The van der Waals surface area contributed by atoms with E-state index in [2.05, 4.69) is 0 Å². The predicted molar refractivity (Wildman–Crippen MR) is 86.2 cm³/mol. The van der Waals surface area contributed by atoms with E-state index in [0.29, 0.717) is 19.5 Å². The molecule has 24 heavy (non-hydrogen) atoms. The molecule has 0 aliphatic carbocycles. The van der Waals surface area contributed by atoms with Crippen LogP contribution in [0.2, 0.25) is 0 Å². The highest BCUT2D eigenvalue weighted by Gasteiger charge is 2.39. The summed E-state index contributed by atoms with van der Waals surface area (Å²) in [5.74, 6) is -1.76. The first-order valence-corrected chi connectivity index (χ1v) is 7.89. The van der Waals surface area contributed by atoms with Crippen LogP contribution in [-0.4, -0.2) is 29.0 Å². The van der Waals surface area contributed by atoms with E-state index in [0.717, 1.165) is 23.8 Å². The summed E-state index contributed by atoms with van der Waals surface area (Å²) in [6, 6.07) is 11.9. The van der Waals surface area contributed by atoms with Crippen molar-refractivity contribution in [2.24, 2.45) is 0 Å². The zero-order valence-electron chi connectivity index (χ0n) is 13.1. The van der Waals surface area contributed by atoms with Gasteiger partial charge < -0.3 is 0 Å². The molecule has 2 aromatic carbocycles. The fraction of sp³-hybridized carbons (Fsp3) is 0.333. The zero-order chi connectivity index (χ0) is 17.1. The van der Waals surface area contributed by atoms with Gasteiger partial charge in [-0.25, -0.2) is 8.78 Å². The van der Waals surface area contributed by atoms with Crippen LogP contribution >= 0.6 is 0 Å². The molecule has 0 N–H and O–H groups in total. The molecule has 4 nitrogen and oxygen atoms in total. The molecule has 0 saturated carbocycles. The lowest BCUT2D eigenvalue weighted by Gasteiger charge is -2.34. The fourth-order valence-electron chi connectivity index (χ4n) is 3.36. The van der Waals surface area contributed by atoms with Crippen LogP contribution in [0.1, 0.15) is 23.5 Å². The number of piperidine rings is 1. The molecule has 1 heterocycles. The Labute approximate surface area is 138 Å². The second-order valence-corrected chi connectivity index (χ2v) is 6.13. The van der Waals surface area contributed by atoms with E-state index in [-0.39, 0.29) is 17.0 Å². The first-order chi connectivity index (χ1) is 11.5. The predicted octanol–water partition coefficient (Wildman–Crippen LogP) is 3.60. The van der Waals surface area contributed by atoms with Gasteiger partial charge in [0.1, 0.15) is 11.6 Å². The molecule has 0 spiro atoms. The van der Waals surface area contributed by atoms with Gasteiger partial charge in [-0.3, -0.25) is 15.0 Å². The van der Waals surface area contributed by atoms with Crippen molar-refractivity contribution < 1.29 is 13.7 Å². The smallest absolute Gasteiger partial charge is 0.232 e. The second-order valence-electron chi connectivity index (χ2n) is 6.13. The topological polar surface area (TPSA) is 46.4 Å². The van der Waals surface area contributed by atoms with Crippen molar-refractivity contribution in [1.82, 2.24) is 4.90 Å². The zero-order valence-corrected chi connectivity index (χ0v) is 13.1. The SMILES string of the molecule is O=[N+]([O-])[C@H]1CN(Cc2ccccc2)CC[C@@H]1c1cc(F)ccc1F. The maximum atomic E-state index is 14.0. The van der Waals surface area contributed by atoms with Gasteiger partial charge in [-0.15, -0.1) is 0 Å². The third-order valence-electron chi connectivity index (χ3n) is 4.54. The normalized spacial score (nSPS) is 21.6. The Hall–Kier alpha value is -2.34. The van der Waals surface area contributed by atoms with Gasteiger partial charge in [0.2, 0.25) is 6.04 Å². The number of rotatable bonds is 4. The minimum absolute atomic E-state index is 0.107. The average Bonchev–Trinajstić information content (AvgIpc) is 2.58. The van der Waals surface area contributed by atoms with Crippen LogP contribution in [0, 0.1) is 21.7 Å². The minimum atomic E-state index is -0.946. The molecule has 0 radical (unpaired) electrons. The lowest BCUT2D eigenvalue weighted by atomic mass is 9.85. The van der Waals surface area contributed by atoms with Crippen LogP contribution in [-0.2, 0) is 6.54 Å². The first kappa shape index (κ1) is 16.5. The Morgan fingerprint density at radius 1 is 1.17 bits per heavy atom. The molecule has 6 heteroatoms. The molecular formula is C18H18F2N2O2. The summed E-state index contributed by atoms with van der Waals surface area (Å²) in [5, 5.41) is 11.5. The van der Waals surface area contributed by atoms with E-state index in [4.69, 9.17) is 0 Å². The summed E-state index contributed by atoms with van der Waals surface area (Å²) in [6.45, 7) is 1.45. The number of hydrogen-bond acceptors (Lipinski definition) is 3. The highest BCUT2D eigenvalue weighted by Crippen LogP contribution is 2.32. The number of nitrogens with zero attached hydrogens (tertiary/aromatic N) is 2. The lowest BCUT2D eigenvalue weighted by molar-refractivity contribution is -0.530. The number of likely N-dealkylation sites (tertiary alicyclic amines) is 1. The third kappa shape index (κ3) is 3.59. The van der Waals surface area contributed by atoms with Crippen molar-refractivity contribution in [3.8, 4) is 0 Å². The van der Waals surface area contributed by atoms with Gasteiger partial charge in [0, 0.05) is 17.0 Å². The Balaban J connectivity index is 1.79. The number of benzene rings is 2. The summed E-state index contributed by atoms with van der Waals surface area (Å²) in [4.78, 5) is 13.1. The van der Waals surface area contributed by atoms with Crippen LogP contribution < -0.4 is 0 Å². The highest BCUT2D eigenvalue weighted by molar-refractivity contribution is 5.25. The van der Waals surface area contributed by atoms with Gasteiger partial charge in [0.15, 0.2) is 0 Å². The van der Waals surface area contributed by atoms with Crippen LogP contribution in [0.4, 0.5) is 8.78 Å². The summed E-state index contributed by atoms with van der Waals surface area (Å²) in [5.41, 5.74) is 1.19. The van der Waals surface area contributed by atoms with Gasteiger partial charge >= 0.3 is 0 Å². The molecule has 126 valence electrons. The van der Waals surface area contributed by atoms with E-state index in [1.165, 1.54) is 0 Å². The summed E-state index contributed by atoms with van der Waals surface area (Å²) in [6.07, 6.45) is 0.429. The molecule has 1 saturated heterocycles. The Morgan fingerprint density at radius 3 is 2.62 bits per heavy atom. The maximum Gasteiger partial charge on any atom is 0.232 e. The van der Waals surface area contributed by atoms with E-state index in [1.54, 1.807) is 0 Å². The molecule has 0 amide bonds. The van der Waals surface area contributed by atoms with Crippen molar-refractivity contribution in [3.05, 3.63) is 81.4 Å². The van der Waals surface area contributed by atoms with Gasteiger partial charge in [-0.2, -0.15) is 0 Å². The number of halogens is 2. The molecule has 1 aliphatic heterocycles. The molecule has 2 atom stereocenters. The van der Waals surface area contributed by atoms with Crippen molar-refractivity contribution >= 4 is 0 Å². The number of hydrogen-bond donors (Lipinski definition) is 0. The lowest BCUT2D eigenvalue weighted by Crippen LogP contribution is -2.46. The van der Waals surface area contributed by atoms with Gasteiger partial charge in [-0.05, 0) is 36.7 Å². The van der Waals surface area contributed by atoms with Crippen LogP contribution in [0.15, 0.2) is 48.5 Å². The van der Waals surface area contributed by atoms with E-state index in [9.17, 15) is 18.9 Å². The standard InChI is InChI=1S/C18H18F2N2O2/c19-14-6-7-17(20)16(10-14)15-8-9-21(12-18(15)22(23)24)11-13-4-2-1-3-5-13/h1-7,10,15,18H,8-9,11-12H2/t15-,18+/m1/s1. The second kappa shape index (κ2) is 7.05. The Morgan fingerprint density at radius 2 is 1.92 bits per heavy atom. The van der Waals surface area contributed by atoms with Gasteiger partial charge in [0.05, 0.1) is 12.5 Å². The van der Waals surface area contributed by atoms with Gasteiger partial charge in [0.25, 0.3) is 0 Å². The van der Waals surface area contributed by atoms with Crippen molar-refractivity contribution in [3.63, 3.8) is 0 Å². The molecule has 3 rings (SSSR count). The molecular weight excluding hydrogens is 314 g/mol. The molecule has 2 aromatic rings. The fourth-order valence-corrected chi connectivity index (χ4v) is 3.36. The summed E-state index contributed by atoms with van der Waals surface area (Å²) >= 11 is 0. The van der Waals surface area contributed by atoms with Crippen LogP contribution in [0.5, 0.6) is 0 Å². The molecule has 0 bridgehead atoms. The summed E-state index contributed by atoms with van der Waals surface area (Å²) in [7, 11) is 0. The third-order valence-corrected chi connectivity index (χ3v) is 4.54. The van der Waals surface area contributed by atoms with Crippen LogP contribution in [0.3, 0.4) is 0 Å². The Kier molecular flexibility index (Phi) is 4.85. The molecule has 0 unspecified atom stereocenters. The van der Waals surface area contributed by atoms with Crippen molar-refractivity contribution in [1.29, 1.82) is 0 Å². The largest absolute Gasteiger partial charge is 0.292 e. The van der Waals surface area contributed by atoms with E-state index in [1.807, 2.05) is 35.2 Å². The maximum absolute atomic E-state index is 14.0. The van der Waals surface area contributed by atoms with Crippen molar-refractivity contribution in [2.75, 3.05) is 13.1 Å². The quantitative estimate of drug-likeness (QED) is 0.635. The monoisotopic (exact) mass is 332 g/mol. The molecule has 1 fully saturated rings. The molecule has 1 aliphatic rings. The molecule has 0 aromatic heterocycles. The van der Waals surface area contributed by atoms with E-state index >= 15 is 0 Å².